The Bertz CT molecular complexity index is 620. The molecule has 5 unspecified atom stereocenters. The number of fused-ring (bicyclic) bond motifs is 1. The Morgan fingerprint density at radius 3 is 2.72 bits per heavy atom. The Morgan fingerprint density at radius 2 is 1.92 bits per heavy atom. The number of nitrogens with one attached hydrogen (secondary N) is 2. The van der Waals surface area contributed by atoms with Gasteiger partial charge in [0.2, 0.25) is 5.91 Å². The third-order valence-electron chi connectivity index (χ3n) is 6.32. The summed E-state index contributed by atoms with van der Waals surface area (Å²) in [5, 5.41) is 0. The van der Waals surface area contributed by atoms with Gasteiger partial charge in [0.05, 0.1) is 6.04 Å². The summed E-state index contributed by atoms with van der Waals surface area (Å²) < 4.78 is 13.3. The van der Waals surface area contributed by atoms with Crippen LogP contribution in [0, 0.1) is 17.7 Å². The zero-order chi connectivity index (χ0) is 17.4. The van der Waals surface area contributed by atoms with E-state index in [0.29, 0.717) is 17.9 Å². The van der Waals surface area contributed by atoms with E-state index < -0.39 is 0 Å². The molecule has 25 heavy (non-hydrogen) atoms. The van der Waals surface area contributed by atoms with E-state index in [4.69, 9.17) is 0 Å². The Balaban J connectivity index is 1.54. The van der Waals surface area contributed by atoms with E-state index in [1.165, 1.54) is 18.6 Å². The predicted molar refractivity (Wildman–Crippen MR) is 95.1 cm³/mol. The van der Waals surface area contributed by atoms with Crippen molar-refractivity contribution in [2.75, 3.05) is 6.54 Å². The number of hydrogen-bond acceptors (Lipinski definition) is 3. The molecule has 1 aromatic rings. The summed E-state index contributed by atoms with van der Waals surface area (Å²) in [4.78, 5) is 15.4. The molecule has 1 aromatic carbocycles. The highest BCUT2D eigenvalue weighted by molar-refractivity contribution is 5.83. The second kappa shape index (κ2) is 7.04. The van der Waals surface area contributed by atoms with E-state index in [0.717, 1.165) is 44.2 Å². The van der Waals surface area contributed by atoms with Crippen LogP contribution in [-0.4, -0.2) is 29.4 Å². The quantitative estimate of drug-likeness (QED) is 0.865. The van der Waals surface area contributed by atoms with Crippen LogP contribution in [0.1, 0.15) is 57.1 Å². The van der Waals surface area contributed by atoms with Crippen LogP contribution in [0.5, 0.6) is 0 Å². The normalized spacial score (nSPS) is 35.4. The van der Waals surface area contributed by atoms with Crippen molar-refractivity contribution in [2.24, 2.45) is 11.8 Å². The first-order chi connectivity index (χ1) is 12.1. The number of amides is 1. The number of hydrogen-bond donors (Lipinski definition) is 2. The highest BCUT2D eigenvalue weighted by Crippen LogP contribution is 2.37. The second-order valence-corrected chi connectivity index (χ2v) is 8.05. The fourth-order valence-corrected chi connectivity index (χ4v) is 4.93. The van der Waals surface area contributed by atoms with Crippen molar-refractivity contribution in [3.05, 3.63) is 35.6 Å². The van der Waals surface area contributed by atoms with Crippen molar-refractivity contribution in [3.63, 3.8) is 0 Å². The Labute approximate surface area is 149 Å². The molecule has 1 aliphatic carbocycles. The van der Waals surface area contributed by atoms with Gasteiger partial charge in [0, 0.05) is 18.5 Å². The third kappa shape index (κ3) is 3.32. The van der Waals surface area contributed by atoms with Crippen molar-refractivity contribution >= 4 is 5.91 Å². The van der Waals surface area contributed by atoms with Gasteiger partial charge in [-0.1, -0.05) is 19.1 Å². The largest absolute Gasteiger partial charge is 0.334 e. The maximum atomic E-state index is 13.4. The number of carbonyl (C=O) groups excluding carboxylic acids is 1. The molecule has 2 N–H and O–H groups in total. The van der Waals surface area contributed by atoms with Crippen LogP contribution < -0.4 is 10.9 Å². The zero-order valence-corrected chi connectivity index (χ0v) is 14.9. The molecule has 5 heteroatoms. The maximum absolute atomic E-state index is 13.4. The first-order valence-corrected chi connectivity index (χ1v) is 9.70. The van der Waals surface area contributed by atoms with Gasteiger partial charge in [-0.25, -0.2) is 9.82 Å². The maximum Gasteiger partial charge on any atom is 0.241 e. The van der Waals surface area contributed by atoms with Crippen LogP contribution >= 0.6 is 0 Å². The number of likely N-dealkylation sites (tertiary alicyclic amines) is 1. The summed E-state index contributed by atoms with van der Waals surface area (Å²) >= 11 is 0. The summed E-state index contributed by atoms with van der Waals surface area (Å²) in [6, 6.07) is 7.02. The molecule has 136 valence electrons. The molecule has 3 aliphatic rings. The highest BCUT2D eigenvalue weighted by Gasteiger charge is 2.45. The molecule has 0 aromatic heterocycles. The van der Waals surface area contributed by atoms with Gasteiger partial charge in [0.25, 0.3) is 0 Å². The molecule has 2 saturated heterocycles. The van der Waals surface area contributed by atoms with Crippen LogP contribution in [0.15, 0.2) is 24.3 Å². The molecular formula is C20H28FN3O. The van der Waals surface area contributed by atoms with Gasteiger partial charge in [0.15, 0.2) is 0 Å². The standard InChI is InChI=1S/C20H28FN3O/c1-13-5-10-17-16(12-13)19(23-22-17)20(25)24-11-3-2-4-18(24)14-6-8-15(21)9-7-14/h6-9,13,16-19,22-23H,2-5,10-12H2,1H3. The SMILES string of the molecule is CC1CCC2NNC(C(=O)N3CCCCC3c3ccc(F)cc3)C2C1. The Hall–Kier alpha value is -1.46. The smallest absolute Gasteiger partial charge is 0.241 e. The number of halogens is 1. The van der Waals surface area contributed by atoms with Crippen molar-refractivity contribution in [3.8, 4) is 0 Å². The summed E-state index contributed by atoms with van der Waals surface area (Å²) in [6.45, 7) is 3.09. The van der Waals surface area contributed by atoms with Gasteiger partial charge in [0.1, 0.15) is 11.9 Å². The molecule has 2 heterocycles. The van der Waals surface area contributed by atoms with E-state index in [-0.39, 0.29) is 23.8 Å². The van der Waals surface area contributed by atoms with E-state index in [2.05, 4.69) is 17.8 Å². The predicted octanol–water partition coefficient (Wildman–Crippen LogP) is 3.16. The van der Waals surface area contributed by atoms with Crippen molar-refractivity contribution in [1.29, 1.82) is 0 Å². The summed E-state index contributed by atoms with van der Waals surface area (Å²) in [5.74, 6) is 1.06. The number of nitrogens with zero attached hydrogens (tertiary/aromatic N) is 1. The summed E-state index contributed by atoms with van der Waals surface area (Å²) in [7, 11) is 0. The summed E-state index contributed by atoms with van der Waals surface area (Å²) in [6.07, 6.45) is 6.61. The topological polar surface area (TPSA) is 44.4 Å². The number of carbonyl (C=O) groups is 1. The minimum absolute atomic E-state index is 0.0729. The number of benzene rings is 1. The molecule has 2 aliphatic heterocycles. The fraction of sp³-hybridized carbons (Fsp3) is 0.650. The van der Waals surface area contributed by atoms with Gasteiger partial charge >= 0.3 is 0 Å². The van der Waals surface area contributed by atoms with Crippen LogP contribution in [0.25, 0.3) is 0 Å². The molecule has 5 atom stereocenters. The average molecular weight is 345 g/mol. The van der Waals surface area contributed by atoms with Crippen molar-refractivity contribution in [1.82, 2.24) is 15.8 Å². The molecule has 4 nitrogen and oxygen atoms in total. The highest BCUT2D eigenvalue weighted by atomic mass is 19.1. The van der Waals surface area contributed by atoms with E-state index >= 15 is 0 Å². The van der Waals surface area contributed by atoms with E-state index in [1.54, 1.807) is 0 Å². The average Bonchev–Trinajstić information content (AvgIpc) is 3.05. The second-order valence-electron chi connectivity index (χ2n) is 8.05. The van der Waals surface area contributed by atoms with Gasteiger partial charge < -0.3 is 4.90 Å². The van der Waals surface area contributed by atoms with Crippen LogP contribution in [0.4, 0.5) is 4.39 Å². The minimum atomic E-state index is -0.224. The Morgan fingerprint density at radius 1 is 1.12 bits per heavy atom. The number of hydrazine groups is 1. The first-order valence-electron chi connectivity index (χ1n) is 9.70. The minimum Gasteiger partial charge on any atom is -0.334 e. The van der Waals surface area contributed by atoms with Crippen molar-refractivity contribution in [2.45, 2.75) is 63.6 Å². The van der Waals surface area contributed by atoms with Gasteiger partial charge in [-0.05, 0) is 62.1 Å². The summed E-state index contributed by atoms with van der Waals surface area (Å²) in [5.41, 5.74) is 7.71. The zero-order valence-electron chi connectivity index (χ0n) is 14.9. The van der Waals surface area contributed by atoms with Gasteiger partial charge in [-0.2, -0.15) is 0 Å². The lowest BCUT2D eigenvalue weighted by Crippen LogP contribution is -2.50. The lowest BCUT2D eigenvalue weighted by atomic mass is 9.76. The molecule has 0 radical (unpaired) electrons. The van der Waals surface area contributed by atoms with E-state index in [9.17, 15) is 9.18 Å². The first kappa shape index (κ1) is 17.0. The number of rotatable bonds is 2. The molecule has 1 amide bonds. The molecular weight excluding hydrogens is 317 g/mol. The molecule has 3 fully saturated rings. The monoisotopic (exact) mass is 345 g/mol. The fourth-order valence-electron chi connectivity index (χ4n) is 4.93. The van der Waals surface area contributed by atoms with Gasteiger partial charge in [-0.15, -0.1) is 0 Å². The Kier molecular flexibility index (Phi) is 4.78. The van der Waals surface area contributed by atoms with Gasteiger partial charge in [-0.3, -0.25) is 10.2 Å². The molecule has 1 saturated carbocycles. The van der Waals surface area contributed by atoms with Crippen LogP contribution in [-0.2, 0) is 4.79 Å². The van der Waals surface area contributed by atoms with Crippen LogP contribution in [0.3, 0.4) is 0 Å². The molecule has 0 spiro atoms. The lowest BCUT2D eigenvalue weighted by Gasteiger charge is -2.39. The van der Waals surface area contributed by atoms with Crippen LogP contribution in [0.2, 0.25) is 0 Å². The lowest BCUT2D eigenvalue weighted by molar-refractivity contribution is -0.138. The van der Waals surface area contributed by atoms with E-state index in [1.807, 2.05) is 17.0 Å². The molecule has 0 bridgehead atoms. The number of piperidine rings is 1. The third-order valence-corrected chi connectivity index (χ3v) is 6.32. The van der Waals surface area contributed by atoms with Crippen molar-refractivity contribution < 1.29 is 9.18 Å². The molecule has 4 rings (SSSR count).